The van der Waals surface area contributed by atoms with Crippen molar-refractivity contribution in [3.05, 3.63) is 59.2 Å². The zero-order valence-corrected chi connectivity index (χ0v) is 24.4. The summed E-state index contributed by atoms with van der Waals surface area (Å²) >= 11 is 0. The number of aryl methyl sites for hydroxylation is 3. The number of likely N-dealkylation sites (tertiary alicyclic amines) is 1. The van der Waals surface area contributed by atoms with Gasteiger partial charge in [-0.1, -0.05) is 37.6 Å². The van der Waals surface area contributed by atoms with Crippen LogP contribution in [0.2, 0.25) is 0 Å². The molecule has 1 amide bonds. The molecule has 2 aliphatic heterocycles. The average molecular weight is 554 g/mol. The molecule has 2 fully saturated rings. The number of rotatable bonds is 7. The molecule has 8 heteroatoms. The molecule has 212 valence electrons. The third-order valence-electron chi connectivity index (χ3n) is 8.42. The van der Waals surface area contributed by atoms with E-state index in [1.165, 1.54) is 24.0 Å². The first kappa shape index (κ1) is 28.3. The van der Waals surface area contributed by atoms with Gasteiger partial charge in [-0.05, 0) is 99.7 Å². The minimum absolute atomic E-state index is 0.0413. The number of fused-ring (bicyclic) bond motifs is 1. The molecule has 0 radical (unpaired) electrons. The first-order chi connectivity index (χ1) is 18.6. The number of hydrogen-bond acceptors (Lipinski definition) is 5. The predicted molar refractivity (Wildman–Crippen MR) is 154 cm³/mol. The highest BCUT2D eigenvalue weighted by Crippen LogP contribution is 2.35. The van der Waals surface area contributed by atoms with Crippen LogP contribution in [-0.2, 0) is 32.4 Å². The Morgan fingerprint density at radius 1 is 1.05 bits per heavy atom. The molecule has 1 N–H and O–H groups in total. The van der Waals surface area contributed by atoms with E-state index in [-0.39, 0.29) is 18.5 Å². The monoisotopic (exact) mass is 553 g/mol. The Morgan fingerprint density at radius 2 is 1.79 bits per heavy atom. The van der Waals surface area contributed by atoms with Crippen molar-refractivity contribution in [2.75, 3.05) is 38.1 Å². The molecule has 1 spiro atoms. The first-order valence-electron chi connectivity index (χ1n) is 14.5. The van der Waals surface area contributed by atoms with Crippen LogP contribution in [0.1, 0.15) is 62.6 Å². The van der Waals surface area contributed by atoms with Gasteiger partial charge in [0.05, 0.1) is 23.6 Å². The number of morpholine rings is 1. The van der Waals surface area contributed by atoms with Gasteiger partial charge in [-0.2, -0.15) is 4.31 Å². The summed E-state index contributed by atoms with van der Waals surface area (Å²) in [5, 5.41) is 3.09. The van der Waals surface area contributed by atoms with Gasteiger partial charge in [0, 0.05) is 24.8 Å². The Kier molecular flexibility index (Phi) is 8.48. The van der Waals surface area contributed by atoms with Crippen LogP contribution in [0.15, 0.2) is 47.4 Å². The van der Waals surface area contributed by atoms with E-state index in [9.17, 15) is 13.2 Å². The highest BCUT2D eigenvalue weighted by atomic mass is 32.2. The zero-order chi connectivity index (χ0) is 27.6. The standard InChI is InChI=1S/C31H43N3O4S/c1-23(2)17-28-20-38-31(22-34(28)39(36,37)29-13-9-24(3)10-14-29)15-6-16-33(21-31)19-30(35)32-27-12-11-25-7-4-5-8-26(25)18-27/h9-14,18,23,28H,4-8,15-17,19-22H2,1-3H3,(H,32,35)/t28-,31-/m0/s1. The number of sulfonamides is 1. The molecule has 5 rings (SSSR count). The highest BCUT2D eigenvalue weighted by Gasteiger charge is 2.47. The first-order valence-corrected chi connectivity index (χ1v) is 15.9. The van der Waals surface area contributed by atoms with Crippen molar-refractivity contribution in [3.63, 3.8) is 0 Å². The number of nitrogens with one attached hydrogen (secondary N) is 1. The van der Waals surface area contributed by atoms with Gasteiger partial charge in [-0.15, -0.1) is 0 Å². The third-order valence-corrected chi connectivity index (χ3v) is 10.3. The van der Waals surface area contributed by atoms with Gasteiger partial charge < -0.3 is 10.1 Å². The molecule has 1 aliphatic carbocycles. The van der Waals surface area contributed by atoms with Gasteiger partial charge in [0.15, 0.2) is 0 Å². The van der Waals surface area contributed by atoms with Crippen LogP contribution in [0.3, 0.4) is 0 Å². The summed E-state index contributed by atoms with van der Waals surface area (Å²) in [6.07, 6.45) is 7.02. The molecule has 0 unspecified atom stereocenters. The van der Waals surface area contributed by atoms with E-state index in [1.807, 2.05) is 25.1 Å². The number of carbonyl (C=O) groups is 1. The molecule has 0 bridgehead atoms. The van der Waals surface area contributed by atoms with E-state index in [0.29, 0.717) is 30.5 Å². The summed E-state index contributed by atoms with van der Waals surface area (Å²) < 4.78 is 36.0. The molecule has 0 aromatic heterocycles. The summed E-state index contributed by atoms with van der Waals surface area (Å²) in [5.74, 6) is 0.305. The fourth-order valence-corrected chi connectivity index (χ4v) is 8.15. The maximum Gasteiger partial charge on any atom is 0.243 e. The Hall–Kier alpha value is -2.26. The second-order valence-corrected chi connectivity index (χ2v) is 14.1. The number of amides is 1. The minimum Gasteiger partial charge on any atom is -0.371 e. The van der Waals surface area contributed by atoms with E-state index < -0.39 is 15.6 Å². The fraction of sp³-hybridized carbons (Fsp3) is 0.581. The van der Waals surface area contributed by atoms with Crippen LogP contribution >= 0.6 is 0 Å². The summed E-state index contributed by atoms with van der Waals surface area (Å²) in [4.78, 5) is 15.5. The molecule has 2 atom stereocenters. The van der Waals surface area contributed by atoms with Crippen LogP contribution in [0.5, 0.6) is 0 Å². The van der Waals surface area contributed by atoms with Crippen LogP contribution in [-0.4, -0.2) is 68.0 Å². The molecular weight excluding hydrogens is 510 g/mol. The minimum atomic E-state index is -3.68. The molecule has 2 aromatic rings. The number of anilines is 1. The molecule has 2 saturated heterocycles. The molecule has 39 heavy (non-hydrogen) atoms. The van der Waals surface area contributed by atoms with Crippen LogP contribution < -0.4 is 5.32 Å². The Morgan fingerprint density at radius 3 is 2.54 bits per heavy atom. The fourth-order valence-electron chi connectivity index (χ4n) is 6.46. The lowest BCUT2D eigenvalue weighted by atomic mass is 9.89. The normalized spacial score (nSPS) is 24.6. The van der Waals surface area contributed by atoms with Gasteiger partial charge in [-0.25, -0.2) is 8.42 Å². The van der Waals surface area contributed by atoms with Crippen molar-refractivity contribution < 1.29 is 17.9 Å². The molecule has 2 heterocycles. The van der Waals surface area contributed by atoms with Crippen molar-refractivity contribution in [2.24, 2.45) is 5.92 Å². The summed E-state index contributed by atoms with van der Waals surface area (Å²) in [6.45, 7) is 8.47. The lowest BCUT2D eigenvalue weighted by molar-refractivity contribution is -0.146. The van der Waals surface area contributed by atoms with Gasteiger partial charge in [-0.3, -0.25) is 9.69 Å². The molecule has 3 aliphatic rings. The van der Waals surface area contributed by atoms with Crippen molar-refractivity contribution in [1.82, 2.24) is 9.21 Å². The SMILES string of the molecule is Cc1ccc(S(=O)(=O)N2C[C@@]3(CCCN(CC(=O)Nc4ccc5c(c4)CCCC5)C3)OC[C@@H]2CC(C)C)cc1. The van der Waals surface area contributed by atoms with Crippen LogP contribution in [0.25, 0.3) is 0 Å². The van der Waals surface area contributed by atoms with Crippen molar-refractivity contribution in [1.29, 1.82) is 0 Å². The van der Waals surface area contributed by atoms with E-state index >= 15 is 0 Å². The van der Waals surface area contributed by atoms with E-state index in [2.05, 4.69) is 36.2 Å². The summed E-state index contributed by atoms with van der Waals surface area (Å²) in [7, 11) is -3.68. The van der Waals surface area contributed by atoms with Gasteiger partial charge in [0.1, 0.15) is 0 Å². The van der Waals surface area contributed by atoms with Crippen molar-refractivity contribution in [2.45, 2.75) is 82.3 Å². The van der Waals surface area contributed by atoms with Crippen LogP contribution in [0, 0.1) is 12.8 Å². The molecule has 0 saturated carbocycles. The van der Waals surface area contributed by atoms with E-state index in [4.69, 9.17) is 4.74 Å². The second kappa shape index (κ2) is 11.7. The number of carbonyl (C=O) groups excluding carboxylic acids is 1. The summed E-state index contributed by atoms with van der Waals surface area (Å²) in [6, 6.07) is 13.2. The quantitative estimate of drug-likeness (QED) is 0.534. The number of ether oxygens (including phenoxy) is 1. The molecular formula is C31H43N3O4S. The lowest BCUT2D eigenvalue weighted by Crippen LogP contribution is -2.64. The predicted octanol–water partition coefficient (Wildman–Crippen LogP) is 4.78. The third kappa shape index (κ3) is 6.56. The largest absolute Gasteiger partial charge is 0.371 e. The number of nitrogens with zero attached hydrogens (tertiary/aromatic N) is 2. The maximum absolute atomic E-state index is 13.9. The number of benzene rings is 2. The second-order valence-electron chi connectivity index (χ2n) is 12.2. The molecule has 2 aromatic carbocycles. The Balaban J connectivity index is 1.28. The Labute approximate surface area is 234 Å². The summed E-state index contributed by atoms with van der Waals surface area (Å²) in [5.41, 5.74) is 4.01. The topological polar surface area (TPSA) is 79.0 Å². The number of piperidine rings is 1. The van der Waals surface area contributed by atoms with Crippen molar-refractivity contribution in [3.8, 4) is 0 Å². The molecule has 7 nitrogen and oxygen atoms in total. The maximum atomic E-state index is 13.9. The zero-order valence-electron chi connectivity index (χ0n) is 23.6. The van der Waals surface area contributed by atoms with E-state index in [0.717, 1.165) is 49.9 Å². The smallest absolute Gasteiger partial charge is 0.243 e. The Bertz CT molecular complexity index is 1280. The lowest BCUT2D eigenvalue weighted by Gasteiger charge is -2.50. The average Bonchev–Trinajstić information content (AvgIpc) is 2.90. The van der Waals surface area contributed by atoms with Crippen LogP contribution in [0.4, 0.5) is 5.69 Å². The van der Waals surface area contributed by atoms with Gasteiger partial charge in [0.2, 0.25) is 15.9 Å². The van der Waals surface area contributed by atoms with E-state index in [1.54, 1.807) is 16.4 Å². The van der Waals surface area contributed by atoms with Crippen molar-refractivity contribution >= 4 is 21.6 Å². The number of hydrogen-bond donors (Lipinski definition) is 1. The highest BCUT2D eigenvalue weighted by molar-refractivity contribution is 7.89. The van der Waals surface area contributed by atoms with Gasteiger partial charge in [0.25, 0.3) is 0 Å². The van der Waals surface area contributed by atoms with Gasteiger partial charge >= 0.3 is 0 Å².